The van der Waals surface area contributed by atoms with E-state index < -0.39 is 0 Å². The van der Waals surface area contributed by atoms with E-state index in [1.165, 1.54) is 12.8 Å². The molecule has 0 aliphatic heterocycles. The van der Waals surface area contributed by atoms with Gasteiger partial charge in [-0.1, -0.05) is 19.9 Å². The molecule has 0 aliphatic rings. The van der Waals surface area contributed by atoms with E-state index in [9.17, 15) is 0 Å². The first-order chi connectivity index (χ1) is 5.95. The highest BCUT2D eigenvalue weighted by Gasteiger charge is 2.07. The second-order valence-electron chi connectivity index (χ2n) is 4.49. The molecule has 0 aromatic carbocycles. The Bertz CT molecular complexity index is 145. The second kappa shape index (κ2) is 6.03. The summed E-state index contributed by atoms with van der Waals surface area (Å²) in [5, 5.41) is 6.69. The standard InChI is InChI=1S/C11H24N2/c1-6-7-8-12-10(2)9-13-11(3,4)5/h12-13H,2,6-9H2,1,3-5H3. The third-order valence-corrected chi connectivity index (χ3v) is 1.74. The summed E-state index contributed by atoms with van der Waals surface area (Å²) in [6.07, 6.45) is 2.45. The van der Waals surface area contributed by atoms with Gasteiger partial charge < -0.3 is 10.6 Å². The molecule has 0 spiro atoms. The van der Waals surface area contributed by atoms with Crippen molar-refractivity contribution in [2.45, 2.75) is 46.1 Å². The normalized spacial score (nSPS) is 11.4. The van der Waals surface area contributed by atoms with Crippen molar-refractivity contribution in [3.63, 3.8) is 0 Å². The van der Waals surface area contributed by atoms with E-state index in [1.807, 2.05) is 0 Å². The molecule has 0 saturated heterocycles. The van der Waals surface area contributed by atoms with Crippen LogP contribution in [0.2, 0.25) is 0 Å². The van der Waals surface area contributed by atoms with E-state index in [0.717, 1.165) is 18.8 Å². The second-order valence-corrected chi connectivity index (χ2v) is 4.49. The Morgan fingerprint density at radius 1 is 1.31 bits per heavy atom. The predicted octanol–water partition coefficient (Wildman–Crippen LogP) is 2.28. The molecule has 0 aromatic rings. The molecule has 78 valence electrons. The molecule has 0 unspecified atom stereocenters. The van der Waals surface area contributed by atoms with Gasteiger partial charge >= 0.3 is 0 Å². The van der Waals surface area contributed by atoms with Crippen LogP contribution in [0.15, 0.2) is 12.3 Å². The topological polar surface area (TPSA) is 24.1 Å². The highest BCUT2D eigenvalue weighted by atomic mass is 15.0. The third-order valence-electron chi connectivity index (χ3n) is 1.74. The maximum absolute atomic E-state index is 3.96. The Morgan fingerprint density at radius 2 is 1.92 bits per heavy atom. The fourth-order valence-electron chi connectivity index (χ4n) is 0.876. The van der Waals surface area contributed by atoms with Crippen molar-refractivity contribution < 1.29 is 0 Å². The van der Waals surface area contributed by atoms with E-state index in [0.29, 0.717) is 0 Å². The minimum Gasteiger partial charge on any atom is -0.388 e. The third kappa shape index (κ3) is 9.41. The zero-order valence-corrected chi connectivity index (χ0v) is 9.54. The molecule has 0 amide bonds. The molecular weight excluding hydrogens is 160 g/mol. The van der Waals surface area contributed by atoms with Crippen LogP contribution in [0.1, 0.15) is 40.5 Å². The van der Waals surface area contributed by atoms with Crippen LogP contribution in [0, 0.1) is 0 Å². The number of nitrogens with one attached hydrogen (secondary N) is 2. The van der Waals surface area contributed by atoms with Crippen molar-refractivity contribution in [3.8, 4) is 0 Å². The highest BCUT2D eigenvalue weighted by molar-refractivity contribution is 4.95. The Kier molecular flexibility index (Phi) is 5.80. The molecule has 0 aliphatic carbocycles. The van der Waals surface area contributed by atoms with Crippen molar-refractivity contribution in [2.75, 3.05) is 13.1 Å². The van der Waals surface area contributed by atoms with Crippen molar-refractivity contribution in [2.24, 2.45) is 0 Å². The number of hydrogen-bond donors (Lipinski definition) is 2. The van der Waals surface area contributed by atoms with Crippen LogP contribution in [0.25, 0.3) is 0 Å². The molecule has 0 heterocycles. The zero-order chi connectivity index (χ0) is 10.3. The number of unbranched alkanes of at least 4 members (excludes halogenated alkanes) is 1. The summed E-state index contributed by atoms with van der Waals surface area (Å²) < 4.78 is 0. The molecule has 0 atom stereocenters. The van der Waals surface area contributed by atoms with Gasteiger partial charge in [0.25, 0.3) is 0 Å². The lowest BCUT2D eigenvalue weighted by Gasteiger charge is -2.21. The van der Waals surface area contributed by atoms with Crippen LogP contribution in [0.5, 0.6) is 0 Å². The Hall–Kier alpha value is -0.500. The quantitative estimate of drug-likeness (QED) is 0.619. The molecule has 2 nitrogen and oxygen atoms in total. The lowest BCUT2D eigenvalue weighted by Crippen LogP contribution is -2.39. The summed E-state index contributed by atoms with van der Waals surface area (Å²) in [5.74, 6) is 0. The smallest absolute Gasteiger partial charge is 0.0352 e. The highest BCUT2D eigenvalue weighted by Crippen LogP contribution is 1.98. The molecule has 0 radical (unpaired) electrons. The fourth-order valence-corrected chi connectivity index (χ4v) is 0.876. The molecule has 0 bridgehead atoms. The molecular formula is C11H24N2. The summed E-state index contributed by atoms with van der Waals surface area (Å²) >= 11 is 0. The van der Waals surface area contributed by atoms with Crippen molar-refractivity contribution in [3.05, 3.63) is 12.3 Å². The summed E-state index contributed by atoms with van der Waals surface area (Å²) in [6.45, 7) is 14.5. The Labute approximate surface area is 82.8 Å². The van der Waals surface area contributed by atoms with Gasteiger partial charge in [0.05, 0.1) is 0 Å². The van der Waals surface area contributed by atoms with Crippen LogP contribution < -0.4 is 10.6 Å². The molecule has 0 saturated carbocycles. The Morgan fingerprint density at radius 3 is 2.38 bits per heavy atom. The van der Waals surface area contributed by atoms with Crippen molar-refractivity contribution in [1.82, 2.24) is 10.6 Å². The summed E-state index contributed by atoms with van der Waals surface area (Å²) in [5.41, 5.74) is 1.26. The van der Waals surface area contributed by atoms with Gasteiger partial charge in [-0.05, 0) is 27.2 Å². The van der Waals surface area contributed by atoms with Gasteiger partial charge in [0.15, 0.2) is 0 Å². The first-order valence-corrected chi connectivity index (χ1v) is 5.12. The van der Waals surface area contributed by atoms with Gasteiger partial charge in [0.1, 0.15) is 0 Å². The maximum atomic E-state index is 3.96. The van der Waals surface area contributed by atoms with E-state index in [4.69, 9.17) is 0 Å². The lowest BCUT2D eigenvalue weighted by molar-refractivity contribution is 0.438. The lowest BCUT2D eigenvalue weighted by atomic mass is 10.1. The van der Waals surface area contributed by atoms with Crippen molar-refractivity contribution in [1.29, 1.82) is 0 Å². The van der Waals surface area contributed by atoms with Gasteiger partial charge in [-0.3, -0.25) is 0 Å². The van der Waals surface area contributed by atoms with Gasteiger partial charge in [-0.25, -0.2) is 0 Å². The van der Waals surface area contributed by atoms with Gasteiger partial charge in [0, 0.05) is 24.3 Å². The van der Waals surface area contributed by atoms with E-state index >= 15 is 0 Å². The molecule has 0 aromatic heterocycles. The summed E-state index contributed by atoms with van der Waals surface area (Å²) in [7, 11) is 0. The van der Waals surface area contributed by atoms with Crippen LogP contribution in [0.4, 0.5) is 0 Å². The SMILES string of the molecule is C=C(CNC(C)(C)C)NCCCC. The van der Waals surface area contributed by atoms with Gasteiger partial charge in [-0.2, -0.15) is 0 Å². The minimum atomic E-state index is 0.176. The average Bonchev–Trinajstić information content (AvgIpc) is 2.00. The molecule has 2 N–H and O–H groups in total. The number of rotatable bonds is 6. The molecule has 0 fully saturated rings. The van der Waals surface area contributed by atoms with Crippen molar-refractivity contribution >= 4 is 0 Å². The van der Waals surface area contributed by atoms with E-state index in [1.54, 1.807) is 0 Å². The summed E-state index contributed by atoms with van der Waals surface area (Å²) in [4.78, 5) is 0. The summed E-state index contributed by atoms with van der Waals surface area (Å²) in [6, 6.07) is 0. The first kappa shape index (κ1) is 12.5. The largest absolute Gasteiger partial charge is 0.388 e. The number of hydrogen-bond acceptors (Lipinski definition) is 2. The van der Waals surface area contributed by atoms with Crippen LogP contribution in [0.3, 0.4) is 0 Å². The molecule has 0 rings (SSSR count). The molecule has 13 heavy (non-hydrogen) atoms. The van der Waals surface area contributed by atoms with E-state index in [2.05, 4.69) is 44.9 Å². The first-order valence-electron chi connectivity index (χ1n) is 5.12. The van der Waals surface area contributed by atoms with E-state index in [-0.39, 0.29) is 5.54 Å². The minimum absolute atomic E-state index is 0.176. The maximum Gasteiger partial charge on any atom is 0.0352 e. The van der Waals surface area contributed by atoms with Crippen LogP contribution >= 0.6 is 0 Å². The molecule has 2 heteroatoms. The van der Waals surface area contributed by atoms with Crippen LogP contribution in [-0.4, -0.2) is 18.6 Å². The van der Waals surface area contributed by atoms with Gasteiger partial charge in [-0.15, -0.1) is 0 Å². The average molecular weight is 184 g/mol. The fraction of sp³-hybridized carbons (Fsp3) is 0.818. The zero-order valence-electron chi connectivity index (χ0n) is 9.54. The predicted molar refractivity (Wildman–Crippen MR) is 59.8 cm³/mol. The van der Waals surface area contributed by atoms with Crippen LogP contribution in [-0.2, 0) is 0 Å². The van der Waals surface area contributed by atoms with Gasteiger partial charge in [0.2, 0.25) is 0 Å². The Balaban J connectivity index is 3.41. The monoisotopic (exact) mass is 184 g/mol.